The highest BCUT2D eigenvalue weighted by Gasteiger charge is 2.06. The third kappa shape index (κ3) is 4.34. The van der Waals surface area contributed by atoms with Crippen molar-refractivity contribution in [3.05, 3.63) is 28.8 Å². The maximum Gasteiger partial charge on any atom is 0.125 e. The maximum absolute atomic E-state index is 5.95. The van der Waals surface area contributed by atoms with E-state index >= 15 is 0 Å². The van der Waals surface area contributed by atoms with E-state index in [2.05, 4.69) is 52.1 Å². The molecule has 2 heteroatoms. The molecule has 1 rings (SSSR count). The van der Waals surface area contributed by atoms with Crippen molar-refractivity contribution in [3.63, 3.8) is 0 Å². The molecule has 0 fully saturated rings. The average molecular weight is 249 g/mol. The monoisotopic (exact) mass is 249 g/mol. The van der Waals surface area contributed by atoms with E-state index in [1.54, 1.807) is 0 Å². The molecule has 0 saturated heterocycles. The van der Waals surface area contributed by atoms with Crippen molar-refractivity contribution < 1.29 is 4.74 Å². The number of ether oxygens (including phenoxy) is 1. The van der Waals surface area contributed by atoms with E-state index in [0.29, 0.717) is 6.04 Å². The molecule has 1 atom stereocenters. The first-order chi connectivity index (χ1) is 8.56. The van der Waals surface area contributed by atoms with Crippen LogP contribution in [0.25, 0.3) is 0 Å². The van der Waals surface area contributed by atoms with E-state index < -0.39 is 0 Å². The Labute approximate surface area is 112 Å². The van der Waals surface area contributed by atoms with Crippen molar-refractivity contribution in [2.45, 2.75) is 53.5 Å². The zero-order valence-electron chi connectivity index (χ0n) is 12.5. The molecule has 0 aromatic heterocycles. The number of hydrogen-bond donors (Lipinski definition) is 1. The number of hydrogen-bond acceptors (Lipinski definition) is 2. The minimum atomic E-state index is 0.582. The predicted octanol–water partition coefficient (Wildman–Crippen LogP) is 3.77. The van der Waals surface area contributed by atoms with Crippen LogP contribution in [-0.4, -0.2) is 19.2 Å². The Morgan fingerprint density at radius 3 is 2.50 bits per heavy atom. The van der Waals surface area contributed by atoms with Crippen molar-refractivity contribution in [3.8, 4) is 5.75 Å². The molecular formula is C16H27NO. The number of nitrogens with one attached hydrogen (secondary N) is 1. The summed E-state index contributed by atoms with van der Waals surface area (Å²) in [6.07, 6.45) is 2.26. The summed E-state index contributed by atoms with van der Waals surface area (Å²) in [5.74, 6) is 1.08. The molecule has 0 amide bonds. The fourth-order valence-corrected chi connectivity index (χ4v) is 2.16. The van der Waals surface area contributed by atoms with Gasteiger partial charge in [-0.1, -0.05) is 19.1 Å². The number of rotatable bonds is 7. The van der Waals surface area contributed by atoms with Crippen molar-refractivity contribution in [2.24, 2.45) is 0 Å². The van der Waals surface area contributed by atoms with Crippen LogP contribution in [0.2, 0.25) is 0 Å². The summed E-state index contributed by atoms with van der Waals surface area (Å²) in [5, 5.41) is 3.42. The zero-order chi connectivity index (χ0) is 13.5. The zero-order valence-corrected chi connectivity index (χ0v) is 12.5. The molecular weight excluding hydrogens is 222 g/mol. The third-order valence-electron chi connectivity index (χ3n) is 3.45. The summed E-state index contributed by atoms with van der Waals surface area (Å²) in [6, 6.07) is 4.88. The molecule has 102 valence electrons. The van der Waals surface area contributed by atoms with Crippen LogP contribution < -0.4 is 10.1 Å². The van der Waals surface area contributed by atoms with E-state index in [9.17, 15) is 0 Å². The van der Waals surface area contributed by atoms with E-state index in [4.69, 9.17) is 4.74 Å². The lowest BCUT2D eigenvalue weighted by atomic mass is 10.1. The Morgan fingerprint density at radius 2 is 1.83 bits per heavy atom. The molecule has 1 unspecified atom stereocenters. The molecule has 0 spiro atoms. The first kappa shape index (κ1) is 15.0. The fourth-order valence-electron chi connectivity index (χ4n) is 2.16. The van der Waals surface area contributed by atoms with Crippen molar-refractivity contribution in [1.29, 1.82) is 0 Å². The molecule has 0 heterocycles. The van der Waals surface area contributed by atoms with Gasteiger partial charge in [-0.2, -0.15) is 0 Å². The van der Waals surface area contributed by atoms with E-state index in [1.165, 1.54) is 16.7 Å². The Bertz CT molecular complexity index is 374. The van der Waals surface area contributed by atoms with Crippen LogP contribution in [0, 0.1) is 20.8 Å². The van der Waals surface area contributed by atoms with Gasteiger partial charge in [0.15, 0.2) is 0 Å². The summed E-state index contributed by atoms with van der Waals surface area (Å²) in [6.45, 7) is 12.6. The standard InChI is InChI=1S/C16H27NO/c1-6-17-14(4)8-7-11-18-16-13(3)10-9-12(2)15(16)5/h9-10,14,17H,6-8,11H2,1-5H3. The summed E-state index contributed by atoms with van der Waals surface area (Å²) in [4.78, 5) is 0. The lowest BCUT2D eigenvalue weighted by Crippen LogP contribution is -2.25. The number of benzene rings is 1. The second-order valence-electron chi connectivity index (χ2n) is 5.10. The lowest BCUT2D eigenvalue weighted by Gasteiger charge is -2.15. The maximum atomic E-state index is 5.95. The summed E-state index contributed by atoms with van der Waals surface area (Å²) >= 11 is 0. The highest BCUT2D eigenvalue weighted by atomic mass is 16.5. The molecule has 0 bridgehead atoms. The van der Waals surface area contributed by atoms with Crippen LogP contribution in [0.1, 0.15) is 43.4 Å². The smallest absolute Gasteiger partial charge is 0.125 e. The van der Waals surface area contributed by atoms with Crippen molar-refractivity contribution in [1.82, 2.24) is 5.32 Å². The van der Waals surface area contributed by atoms with Crippen LogP contribution in [0.15, 0.2) is 12.1 Å². The highest BCUT2D eigenvalue weighted by molar-refractivity contribution is 5.44. The Balaban J connectivity index is 2.42. The second-order valence-corrected chi connectivity index (χ2v) is 5.10. The van der Waals surface area contributed by atoms with Crippen LogP contribution in [0.4, 0.5) is 0 Å². The fraction of sp³-hybridized carbons (Fsp3) is 0.625. The molecule has 2 nitrogen and oxygen atoms in total. The normalized spacial score (nSPS) is 12.5. The largest absolute Gasteiger partial charge is 0.493 e. The van der Waals surface area contributed by atoms with Crippen LogP contribution in [0.5, 0.6) is 5.75 Å². The van der Waals surface area contributed by atoms with Crippen LogP contribution >= 0.6 is 0 Å². The summed E-state index contributed by atoms with van der Waals surface area (Å²) < 4.78 is 5.95. The van der Waals surface area contributed by atoms with Gasteiger partial charge in [-0.25, -0.2) is 0 Å². The molecule has 0 aliphatic carbocycles. The van der Waals surface area contributed by atoms with Gasteiger partial charge in [0.1, 0.15) is 5.75 Å². The molecule has 0 aliphatic heterocycles. The average Bonchev–Trinajstić information content (AvgIpc) is 2.33. The highest BCUT2D eigenvalue weighted by Crippen LogP contribution is 2.25. The molecule has 1 N–H and O–H groups in total. The quantitative estimate of drug-likeness (QED) is 0.743. The Hall–Kier alpha value is -1.02. The molecule has 18 heavy (non-hydrogen) atoms. The van der Waals surface area contributed by atoms with E-state index in [-0.39, 0.29) is 0 Å². The lowest BCUT2D eigenvalue weighted by molar-refractivity contribution is 0.294. The van der Waals surface area contributed by atoms with Crippen LogP contribution in [0.3, 0.4) is 0 Å². The SMILES string of the molecule is CCNC(C)CCCOc1c(C)ccc(C)c1C. The van der Waals surface area contributed by atoms with Crippen molar-refractivity contribution in [2.75, 3.05) is 13.2 Å². The van der Waals surface area contributed by atoms with Gasteiger partial charge in [0.05, 0.1) is 6.61 Å². The van der Waals surface area contributed by atoms with Gasteiger partial charge in [-0.05, 0) is 63.8 Å². The van der Waals surface area contributed by atoms with Crippen molar-refractivity contribution >= 4 is 0 Å². The predicted molar refractivity (Wildman–Crippen MR) is 78.5 cm³/mol. The minimum Gasteiger partial charge on any atom is -0.493 e. The van der Waals surface area contributed by atoms with Crippen LogP contribution in [-0.2, 0) is 0 Å². The van der Waals surface area contributed by atoms with Gasteiger partial charge < -0.3 is 10.1 Å². The Morgan fingerprint density at radius 1 is 1.17 bits per heavy atom. The number of aryl methyl sites for hydroxylation is 2. The molecule has 0 saturated carbocycles. The van der Waals surface area contributed by atoms with Gasteiger partial charge >= 0.3 is 0 Å². The third-order valence-corrected chi connectivity index (χ3v) is 3.45. The van der Waals surface area contributed by atoms with E-state index in [0.717, 1.165) is 31.7 Å². The molecule has 1 aromatic carbocycles. The van der Waals surface area contributed by atoms with E-state index in [1.807, 2.05) is 0 Å². The summed E-state index contributed by atoms with van der Waals surface area (Å²) in [5.41, 5.74) is 3.81. The topological polar surface area (TPSA) is 21.3 Å². The molecule has 1 aromatic rings. The van der Waals surface area contributed by atoms with Gasteiger partial charge in [-0.3, -0.25) is 0 Å². The van der Waals surface area contributed by atoms with Gasteiger partial charge in [0.25, 0.3) is 0 Å². The van der Waals surface area contributed by atoms with Gasteiger partial charge in [0, 0.05) is 6.04 Å². The molecule has 0 radical (unpaired) electrons. The van der Waals surface area contributed by atoms with Gasteiger partial charge in [0.2, 0.25) is 0 Å². The molecule has 0 aliphatic rings. The summed E-state index contributed by atoms with van der Waals surface area (Å²) in [7, 11) is 0. The first-order valence-corrected chi connectivity index (χ1v) is 6.99. The van der Waals surface area contributed by atoms with Gasteiger partial charge in [-0.15, -0.1) is 0 Å². The minimum absolute atomic E-state index is 0.582. The second kappa shape index (κ2) is 7.42. The Kier molecular flexibility index (Phi) is 6.20. The first-order valence-electron chi connectivity index (χ1n) is 6.99.